The summed E-state index contributed by atoms with van der Waals surface area (Å²) in [4.78, 5) is 0. The van der Waals surface area contributed by atoms with Crippen LogP contribution in [0.2, 0.25) is 0 Å². The van der Waals surface area contributed by atoms with Gasteiger partial charge in [0, 0.05) is 0 Å². The molecule has 4 nitrogen and oxygen atoms in total. The molecule has 0 amide bonds. The standard InChI is InChI=1S/Bi.Nb.4O/q+1;+5;;3*-2. The number of hydrogen-bond donors (Lipinski definition) is 0. The third kappa shape index (κ3) is 57.8. The van der Waals surface area contributed by atoms with E-state index in [1.54, 1.807) is 0 Å². The van der Waals surface area contributed by atoms with Gasteiger partial charge in [0.1, 0.15) is 0 Å². The van der Waals surface area contributed by atoms with Gasteiger partial charge in [-0.25, -0.2) is 0 Å². The molecular weight excluding hydrogens is 366 g/mol. The molecule has 0 saturated carbocycles. The summed E-state index contributed by atoms with van der Waals surface area (Å²) in [6, 6.07) is 0. The molecule has 0 saturated heterocycles. The third-order valence-electron chi connectivity index (χ3n) is 0. The van der Waals surface area contributed by atoms with Gasteiger partial charge in [-0.1, -0.05) is 0 Å². The molecule has 0 bridgehead atoms. The molecular formula is BiNbO4. The van der Waals surface area contributed by atoms with Crippen LogP contribution in [-0.2, 0) is 41.6 Å². The van der Waals surface area contributed by atoms with E-state index in [4.69, 9.17) is 2.81 Å². The first kappa shape index (κ1) is 54.7. The Morgan fingerprint density at radius 1 is 0.833 bits per heavy atom. The van der Waals surface area contributed by atoms with Crippen molar-refractivity contribution in [3.63, 3.8) is 0 Å². The van der Waals surface area contributed by atoms with Gasteiger partial charge in [0.05, 0.1) is 0 Å². The Balaban J connectivity index is -0.000000000833. The molecule has 34 valence electrons. The molecule has 0 unspecified atom stereocenters. The van der Waals surface area contributed by atoms with E-state index < -0.39 is 0 Å². The summed E-state index contributed by atoms with van der Waals surface area (Å²) in [6.07, 6.45) is 0. The summed E-state index contributed by atoms with van der Waals surface area (Å²) in [5, 5.41) is 0. The van der Waals surface area contributed by atoms with Crippen molar-refractivity contribution < 1.29 is 41.6 Å². The van der Waals surface area contributed by atoms with Crippen LogP contribution in [0, 0.1) is 0 Å². The molecule has 6 heteroatoms. The molecule has 0 atom stereocenters. The van der Waals surface area contributed by atoms with Crippen molar-refractivity contribution in [3.8, 4) is 0 Å². The molecule has 0 spiro atoms. The van der Waals surface area contributed by atoms with Crippen molar-refractivity contribution in [1.29, 1.82) is 0 Å². The summed E-state index contributed by atoms with van der Waals surface area (Å²) < 4.78 is 8.36. The van der Waals surface area contributed by atoms with Gasteiger partial charge >= 0.3 is 49.9 Å². The second-order valence-corrected chi connectivity index (χ2v) is 0. The van der Waals surface area contributed by atoms with Crippen LogP contribution in [0.15, 0.2) is 0 Å². The van der Waals surface area contributed by atoms with Gasteiger partial charge in [0.15, 0.2) is 0 Å². The maximum atomic E-state index is 8.36. The van der Waals surface area contributed by atoms with Crippen LogP contribution in [-0.4, -0.2) is 24.7 Å². The van der Waals surface area contributed by atoms with Crippen molar-refractivity contribution in [3.05, 3.63) is 0 Å². The van der Waals surface area contributed by atoms with Crippen LogP contribution in [0.5, 0.6) is 0 Å². The number of hydrogen-bond acceptors (Lipinski definition) is 1. The van der Waals surface area contributed by atoms with Crippen LogP contribution in [0.4, 0.5) is 0 Å². The molecule has 0 heterocycles. The Morgan fingerprint density at radius 2 is 0.833 bits per heavy atom. The van der Waals surface area contributed by atoms with Gasteiger partial charge in [-0.2, -0.15) is 0 Å². The van der Waals surface area contributed by atoms with Crippen molar-refractivity contribution in [2.24, 2.45) is 0 Å². The molecule has 0 aliphatic rings. The summed E-state index contributed by atoms with van der Waals surface area (Å²) in [5.41, 5.74) is 0. The summed E-state index contributed by atoms with van der Waals surface area (Å²) in [6.45, 7) is 0. The molecule has 0 aromatic heterocycles. The number of rotatable bonds is 0. The molecule has 2 radical (unpaired) electrons. The van der Waals surface area contributed by atoms with Crippen LogP contribution in [0.3, 0.4) is 0 Å². The fourth-order valence-electron chi connectivity index (χ4n) is 0. The van der Waals surface area contributed by atoms with Gasteiger partial charge in [-0.15, -0.1) is 0 Å². The van der Waals surface area contributed by atoms with Gasteiger partial charge in [-0.3, -0.25) is 0 Å². The normalized spacial score (nSPS) is 0.667. The minimum absolute atomic E-state index is 0. The molecule has 0 aliphatic carbocycles. The quantitative estimate of drug-likeness (QED) is 0.512. The second kappa shape index (κ2) is 104. The van der Waals surface area contributed by atoms with E-state index in [1.807, 2.05) is 0 Å². The fourth-order valence-corrected chi connectivity index (χ4v) is 0. The second-order valence-electron chi connectivity index (χ2n) is 0. The van der Waals surface area contributed by atoms with Gasteiger partial charge in [-0.05, 0) is 0 Å². The Hall–Kier alpha value is 1.30. The van der Waals surface area contributed by atoms with E-state index in [1.165, 1.54) is 0 Å². The molecule has 0 aromatic carbocycles. The first-order valence-electron chi connectivity index (χ1n) is 0.183. The van der Waals surface area contributed by atoms with Gasteiger partial charge in [0.2, 0.25) is 0 Å². The van der Waals surface area contributed by atoms with Crippen molar-refractivity contribution in [2.45, 2.75) is 0 Å². The average molecular weight is 366 g/mol. The van der Waals surface area contributed by atoms with E-state index in [0.717, 1.165) is 0 Å². The Morgan fingerprint density at radius 3 is 0.833 bits per heavy atom. The van der Waals surface area contributed by atoms with Crippen LogP contribution in [0.25, 0.3) is 0 Å². The van der Waals surface area contributed by atoms with Gasteiger partial charge in [0.25, 0.3) is 0 Å². The van der Waals surface area contributed by atoms with Crippen molar-refractivity contribution in [2.75, 3.05) is 0 Å². The molecule has 0 N–H and O–H groups in total. The monoisotopic (exact) mass is 366 g/mol. The topological polar surface area (TPSA) is 103 Å². The summed E-state index contributed by atoms with van der Waals surface area (Å²) in [7, 11) is 0. The zero-order valence-electron chi connectivity index (χ0n) is 2.53. The Labute approximate surface area is 66.0 Å². The zero-order valence-corrected chi connectivity index (χ0v) is 8.20. The predicted octanol–water partition coefficient (Wildman–Crippen LogP) is -0.859. The van der Waals surface area contributed by atoms with Crippen LogP contribution < -0.4 is 0 Å². The third-order valence-corrected chi connectivity index (χ3v) is 0. The molecule has 0 aliphatic heterocycles. The first-order chi connectivity index (χ1) is 1.00. The van der Waals surface area contributed by atoms with E-state index in [2.05, 4.69) is 0 Å². The predicted molar refractivity (Wildman–Crippen MR) is 8.50 cm³/mol. The van der Waals surface area contributed by atoms with Crippen LogP contribution >= 0.6 is 0 Å². The summed E-state index contributed by atoms with van der Waals surface area (Å²) >= 11 is 0.194. The van der Waals surface area contributed by atoms with Gasteiger partial charge < -0.3 is 16.4 Å². The Kier molecular flexibility index (Phi) is 951. The van der Waals surface area contributed by atoms with Crippen molar-refractivity contribution in [1.82, 2.24) is 0 Å². The van der Waals surface area contributed by atoms with E-state index in [-0.39, 0.29) is 63.5 Å². The Bertz CT molecular complexity index is 7.51. The SMILES string of the molecule is [Nb+5].[O-2].[O-2].[O-2].[O]=[Bi+]. The molecule has 0 aromatic rings. The maximum absolute atomic E-state index is 8.36. The van der Waals surface area contributed by atoms with Crippen molar-refractivity contribution >= 4 is 24.7 Å². The van der Waals surface area contributed by atoms with E-state index >= 15 is 0 Å². The fraction of sp³-hybridized carbons (Fsp3) is 0. The van der Waals surface area contributed by atoms with E-state index in [9.17, 15) is 0 Å². The molecule has 0 rings (SSSR count). The van der Waals surface area contributed by atoms with Crippen LogP contribution in [0.1, 0.15) is 0 Å². The minimum atomic E-state index is 0. The molecule has 6 heavy (non-hydrogen) atoms. The zero-order chi connectivity index (χ0) is 2.00. The first-order valence-corrected chi connectivity index (χ1v) is 1.60. The van der Waals surface area contributed by atoms with E-state index in [0.29, 0.717) is 0 Å². The molecule has 0 fully saturated rings. The average Bonchev–Trinajstić information content (AvgIpc) is 1.00. The summed E-state index contributed by atoms with van der Waals surface area (Å²) in [5.74, 6) is 0.